The van der Waals surface area contributed by atoms with Crippen molar-refractivity contribution in [2.45, 2.75) is 31.2 Å². The number of hydrogen-bond acceptors (Lipinski definition) is 5. The molecule has 27 heavy (non-hydrogen) atoms. The van der Waals surface area contributed by atoms with Crippen LogP contribution in [0.15, 0.2) is 47.4 Å². The van der Waals surface area contributed by atoms with Crippen molar-refractivity contribution in [1.82, 2.24) is 4.72 Å². The maximum Gasteiger partial charge on any atom is 0.337 e. The summed E-state index contributed by atoms with van der Waals surface area (Å²) in [6.45, 7) is 3.49. The number of carbonyl (C=O) groups excluding carboxylic acids is 1. The lowest BCUT2D eigenvalue weighted by molar-refractivity contribution is 0.0600. The zero-order valence-corrected chi connectivity index (χ0v) is 17.1. The number of hydrogen-bond donors (Lipinski definition) is 1. The summed E-state index contributed by atoms with van der Waals surface area (Å²) in [5, 5.41) is 0. The summed E-state index contributed by atoms with van der Waals surface area (Å²) in [6.07, 6.45) is 0.576. The first-order chi connectivity index (χ1) is 12.6. The molecule has 6 nitrogen and oxygen atoms in total. The van der Waals surface area contributed by atoms with Crippen molar-refractivity contribution in [3.63, 3.8) is 0 Å². The molecular weight excluding hydrogens is 364 g/mol. The van der Waals surface area contributed by atoms with E-state index in [0.29, 0.717) is 17.5 Å². The van der Waals surface area contributed by atoms with Gasteiger partial charge in [0.25, 0.3) is 0 Å². The van der Waals surface area contributed by atoms with Crippen LogP contribution in [0, 0.1) is 6.92 Å². The molecule has 2 aromatic carbocycles. The zero-order chi connectivity index (χ0) is 20.2. The third kappa shape index (κ3) is 5.30. The van der Waals surface area contributed by atoms with Crippen molar-refractivity contribution in [2.24, 2.45) is 0 Å². The van der Waals surface area contributed by atoms with Gasteiger partial charge in [-0.1, -0.05) is 12.1 Å². The van der Waals surface area contributed by atoms with E-state index in [1.807, 2.05) is 50.2 Å². The fourth-order valence-electron chi connectivity index (χ4n) is 2.85. The number of rotatable bonds is 7. The van der Waals surface area contributed by atoms with E-state index in [2.05, 4.69) is 9.46 Å². The van der Waals surface area contributed by atoms with Gasteiger partial charge in [-0.15, -0.1) is 0 Å². The van der Waals surface area contributed by atoms with Gasteiger partial charge in [0.15, 0.2) is 0 Å². The van der Waals surface area contributed by atoms with Crippen molar-refractivity contribution < 1.29 is 17.9 Å². The van der Waals surface area contributed by atoms with E-state index in [9.17, 15) is 13.2 Å². The van der Waals surface area contributed by atoms with Crippen LogP contribution in [0.25, 0.3) is 0 Å². The molecule has 0 saturated heterocycles. The van der Waals surface area contributed by atoms with Crippen molar-refractivity contribution in [1.29, 1.82) is 0 Å². The summed E-state index contributed by atoms with van der Waals surface area (Å²) in [4.78, 5) is 13.8. The lowest BCUT2D eigenvalue weighted by atomic mass is 10.1. The Balaban J connectivity index is 2.12. The number of benzene rings is 2. The van der Waals surface area contributed by atoms with Gasteiger partial charge in [-0.3, -0.25) is 0 Å². The molecule has 2 rings (SSSR count). The number of aryl methyl sites for hydroxylation is 1. The average Bonchev–Trinajstić information content (AvgIpc) is 2.60. The molecule has 0 radical (unpaired) electrons. The minimum Gasteiger partial charge on any atom is -0.465 e. The molecule has 0 bridgehead atoms. The number of carbonyl (C=O) groups is 1. The molecule has 0 saturated carbocycles. The molecule has 1 atom stereocenters. The van der Waals surface area contributed by atoms with Gasteiger partial charge in [-0.05, 0) is 61.7 Å². The van der Waals surface area contributed by atoms with Crippen LogP contribution in [0.5, 0.6) is 0 Å². The monoisotopic (exact) mass is 390 g/mol. The number of methoxy groups -OCH3 is 1. The number of ether oxygens (including phenoxy) is 1. The van der Waals surface area contributed by atoms with E-state index < -0.39 is 16.0 Å². The van der Waals surface area contributed by atoms with Gasteiger partial charge >= 0.3 is 5.97 Å². The molecule has 0 aromatic heterocycles. The van der Waals surface area contributed by atoms with E-state index in [0.717, 1.165) is 11.3 Å². The molecule has 0 aliphatic rings. The Hall–Kier alpha value is -2.38. The Morgan fingerprint density at radius 3 is 2.30 bits per heavy atom. The highest BCUT2D eigenvalue weighted by Gasteiger charge is 2.21. The molecular formula is C20H26N2O4S. The van der Waals surface area contributed by atoms with Gasteiger partial charge in [0.1, 0.15) is 0 Å². The SMILES string of the molecule is COC(=O)c1ccc(S(=O)(=O)NC(C)Cc2ccc(N(C)C)cc2)c(C)c1. The lowest BCUT2D eigenvalue weighted by Gasteiger charge is -2.17. The normalized spacial score (nSPS) is 12.5. The first-order valence-corrected chi connectivity index (χ1v) is 10.1. The first kappa shape index (κ1) is 20.9. The molecule has 0 spiro atoms. The number of sulfonamides is 1. The van der Waals surface area contributed by atoms with Crippen molar-refractivity contribution in [3.05, 3.63) is 59.2 Å². The number of nitrogens with zero attached hydrogens (tertiary/aromatic N) is 1. The Kier molecular flexibility index (Phi) is 6.62. The van der Waals surface area contributed by atoms with E-state index in [1.54, 1.807) is 6.92 Å². The van der Waals surface area contributed by atoms with Crippen LogP contribution >= 0.6 is 0 Å². The minimum absolute atomic E-state index is 0.157. The number of anilines is 1. The fraction of sp³-hybridized carbons (Fsp3) is 0.350. The van der Waals surface area contributed by atoms with Gasteiger partial charge in [0.05, 0.1) is 17.6 Å². The summed E-state index contributed by atoms with van der Waals surface area (Å²) in [5.41, 5.74) is 2.96. The van der Waals surface area contributed by atoms with Gasteiger partial charge in [0, 0.05) is 25.8 Å². The van der Waals surface area contributed by atoms with Gasteiger partial charge < -0.3 is 9.64 Å². The van der Waals surface area contributed by atoms with Gasteiger partial charge in [-0.25, -0.2) is 17.9 Å². The van der Waals surface area contributed by atoms with Crippen LogP contribution < -0.4 is 9.62 Å². The van der Waals surface area contributed by atoms with E-state index >= 15 is 0 Å². The summed E-state index contributed by atoms with van der Waals surface area (Å²) in [5.74, 6) is -0.496. The average molecular weight is 391 g/mol. The van der Waals surface area contributed by atoms with Crippen molar-refractivity contribution >= 4 is 21.7 Å². The Morgan fingerprint density at radius 1 is 1.15 bits per heavy atom. The summed E-state index contributed by atoms with van der Waals surface area (Å²) in [6, 6.07) is 12.1. The van der Waals surface area contributed by atoms with Crippen LogP contribution in [0.3, 0.4) is 0 Å². The molecule has 0 aliphatic carbocycles. The highest BCUT2D eigenvalue weighted by molar-refractivity contribution is 7.89. The van der Waals surface area contributed by atoms with E-state index in [-0.39, 0.29) is 10.9 Å². The number of nitrogens with one attached hydrogen (secondary N) is 1. The van der Waals surface area contributed by atoms with E-state index in [1.165, 1.54) is 25.3 Å². The van der Waals surface area contributed by atoms with Gasteiger partial charge in [0.2, 0.25) is 10.0 Å². The largest absolute Gasteiger partial charge is 0.465 e. The zero-order valence-electron chi connectivity index (χ0n) is 16.3. The second kappa shape index (κ2) is 8.54. The van der Waals surface area contributed by atoms with Crippen LogP contribution in [-0.2, 0) is 21.2 Å². The number of esters is 1. The minimum atomic E-state index is -3.69. The van der Waals surface area contributed by atoms with E-state index in [4.69, 9.17) is 0 Å². The quantitative estimate of drug-likeness (QED) is 0.736. The topological polar surface area (TPSA) is 75.7 Å². The van der Waals surface area contributed by atoms with Crippen molar-refractivity contribution in [2.75, 3.05) is 26.1 Å². The van der Waals surface area contributed by atoms with Crippen LogP contribution in [0.4, 0.5) is 5.69 Å². The summed E-state index contributed by atoms with van der Waals surface area (Å²) in [7, 11) is 1.54. The summed E-state index contributed by atoms with van der Waals surface area (Å²) >= 11 is 0. The van der Waals surface area contributed by atoms with Crippen molar-refractivity contribution in [3.8, 4) is 0 Å². The second-order valence-corrected chi connectivity index (χ2v) is 8.44. The predicted molar refractivity (Wildman–Crippen MR) is 107 cm³/mol. The molecule has 0 amide bonds. The maximum absolute atomic E-state index is 12.7. The smallest absolute Gasteiger partial charge is 0.337 e. The summed E-state index contributed by atoms with van der Waals surface area (Å²) < 4.78 is 32.8. The first-order valence-electron chi connectivity index (χ1n) is 8.61. The van der Waals surface area contributed by atoms with Gasteiger partial charge in [-0.2, -0.15) is 0 Å². The molecule has 1 N–H and O–H groups in total. The molecule has 1 unspecified atom stereocenters. The Bertz CT molecular complexity index is 906. The van der Waals surface area contributed by atoms with Crippen LogP contribution in [0.1, 0.15) is 28.4 Å². The third-order valence-corrected chi connectivity index (χ3v) is 5.99. The molecule has 2 aromatic rings. The van der Waals surface area contributed by atoms with Crippen LogP contribution in [0.2, 0.25) is 0 Å². The Labute approximate surface area is 161 Å². The predicted octanol–water partition coefficient (Wildman–Crippen LogP) is 2.76. The lowest BCUT2D eigenvalue weighted by Crippen LogP contribution is -2.34. The molecule has 146 valence electrons. The maximum atomic E-state index is 12.7. The third-order valence-electron chi connectivity index (χ3n) is 4.24. The molecule has 0 fully saturated rings. The highest BCUT2D eigenvalue weighted by Crippen LogP contribution is 2.19. The second-order valence-electron chi connectivity index (χ2n) is 6.76. The molecule has 7 heteroatoms. The molecule has 0 aliphatic heterocycles. The van der Waals surface area contributed by atoms with Crippen LogP contribution in [-0.4, -0.2) is 41.6 Å². The standard InChI is InChI=1S/C20H26N2O4S/c1-14-12-17(20(23)26-5)8-11-19(14)27(24,25)21-15(2)13-16-6-9-18(10-7-16)22(3)4/h6-12,15,21H,13H2,1-5H3. The molecule has 0 heterocycles. The Morgan fingerprint density at radius 2 is 1.78 bits per heavy atom. The fourth-order valence-corrected chi connectivity index (χ4v) is 4.32. The highest BCUT2D eigenvalue weighted by atomic mass is 32.2.